The number of para-hydroxylation sites is 1. The molecular weight excluding hydrogens is 299 g/mol. The molecule has 4 nitrogen and oxygen atoms in total. The lowest BCUT2D eigenvalue weighted by Crippen LogP contribution is -2.24. The van der Waals surface area contributed by atoms with Gasteiger partial charge in [0, 0.05) is 5.69 Å². The molecule has 0 saturated heterocycles. The molecule has 108 valence electrons. The van der Waals surface area contributed by atoms with Crippen molar-refractivity contribution in [3.8, 4) is 5.75 Å². The molecule has 2 rings (SSSR count). The van der Waals surface area contributed by atoms with Gasteiger partial charge in [-0.1, -0.05) is 29.3 Å². The predicted octanol–water partition coefficient (Wildman–Crippen LogP) is 3.25. The lowest BCUT2D eigenvalue weighted by Gasteiger charge is -2.15. The Hall–Kier alpha value is -1.23. The number of nitrogens with zero attached hydrogens (tertiary/aromatic N) is 2. The number of rotatable bonds is 5. The van der Waals surface area contributed by atoms with Gasteiger partial charge in [-0.3, -0.25) is 0 Å². The van der Waals surface area contributed by atoms with Crippen LogP contribution in [0.1, 0.15) is 11.4 Å². The summed E-state index contributed by atoms with van der Waals surface area (Å²) < 4.78 is 7.39. The number of benzene rings is 1. The molecule has 1 N–H and O–H groups in total. The van der Waals surface area contributed by atoms with Crippen LogP contribution in [0.5, 0.6) is 5.75 Å². The molecule has 0 amide bonds. The Bertz CT molecular complexity index is 579. The highest BCUT2D eigenvalue weighted by molar-refractivity contribution is 6.37. The lowest BCUT2D eigenvalue weighted by molar-refractivity contribution is 0.0921. The lowest BCUT2D eigenvalue weighted by atomic mass is 10.3. The quantitative estimate of drug-likeness (QED) is 0.921. The number of ether oxygens (including phenoxy) is 1. The van der Waals surface area contributed by atoms with Crippen LogP contribution in [0, 0.1) is 13.8 Å². The number of imidazole rings is 1. The van der Waals surface area contributed by atoms with Crippen LogP contribution in [0.25, 0.3) is 0 Å². The number of hydrogen-bond acceptors (Lipinski definition) is 3. The summed E-state index contributed by atoms with van der Waals surface area (Å²) in [6, 6.07) is 5.13. The Kier molecular flexibility index (Phi) is 4.91. The first-order valence-electron chi connectivity index (χ1n) is 6.22. The summed E-state index contributed by atoms with van der Waals surface area (Å²) in [6.07, 6.45) is 1.03. The Labute approximate surface area is 127 Å². The molecule has 0 aliphatic rings. The number of aliphatic hydroxyl groups excluding tert-OH is 1. The molecule has 0 aliphatic heterocycles. The number of hydrogen-bond donors (Lipinski definition) is 1. The largest absolute Gasteiger partial charge is 0.488 e. The van der Waals surface area contributed by atoms with E-state index in [-0.39, 0.29) is 6.61 Å². The van der Waals surface area contributed by atoms with Gasteiger partial charge in [0.2, 0.25) is 0 Å². The predicted molar refractivity (Wildman–Crippen MR) is 79.7 cm³/mol. The summed E-state index contributed by atoms with van der Waals surface area (Å²) in [7, 11) is 0. The van der Waals surface area contributed by atoms with E-state index in [0.717, 1.165) is 11.4 Å². The molecule has 1 aromatic heterocycles. The molecule has 1 heterocycles. The number of halogens is 2. The summed E-state index contributed by atoms with van der Waals surface area (Å²) in [5, 5.41) is 10.9. The third-order valence-electron chi connectivity index (χ3n) is 3.09. The Morgan fingerprint density at radius 2 is 1.95 bits per heavy atom. The maximum Gasteiger partial charge on any atom is 0.156 e. The van der Waals surface area contributed by atoms with E-state index in [9.17, 15) is 5.11 Å². The van der Waals surface area contributed by atoms with Crippen molar-refractivity contribution < 1.29 is 9.84 Å². The van der Waals surface area contributed by atoms with E-state index in [0.29, 0.717) is 22.3 Å². The SMILES string of the molecule is Cc1ncn(CC(O)COc2c(Cl)cccc2Cl)c1C. The topological polar surface area (TPSA) is 47.3 Å². The zero-order valence-corrected chi connectivity index (χ0v) is 12.8. The molecule has 1 atom stereocenters. The Morgan fingerprint density at radius 1 is 1.30 bits per heavy atom. The standard InChI is InChI=1S/C14H16Cl2N2O2/c1-9-10(2)18(8-17-9)6-11(19)7-20-14-12(15)4-3-5-13(14)16/h3-5,8,11,19H,6-7H2,1-2H3. The van der Waals surface area contributed by atoms with E-state index in [2.05, 4.69) is 4.98 Å². The molecule has 0 bridgehead atoms. The van der Waals surface area contributed by atoms with Gasteiger partial charge >= 0.3 is 0 Å². The normalized spacial score (nSPS) is 12.4. The molecule has 2 aromatic rings. The van der Waals surface area contributed by atoms with Crippen molar-refractivity contribution in [1.82, 2.24) is 9.55 Å². The van der Waals surface area contributed by atoms with Crippen molar-refractivity contribution in [1.29, 1.82) is 0 Å². The first kappa shape index (κ1) is 15.2. The average molecular weight is 315 g/mol. The second kappa shape index (κ2) is 6.48. The van der Waals surface area contributed by atoms with Crippen LogP contribution in [0.2, 0.25) is 10.0 Å². The molecule has 1 aromatic carbocycles. The van der Waals surface area contributed by atoms with E-state index >= 15 is 0 Å². The van der Waals surface area contributed by atoms with Gasteiger partial charge in [-0.05, 0) is 26.0 Å². The van der Waals surface area contributed by atoms with Gasteiger partial charge in [-0.25, -0.2) is 4.98 Å². The van der Waals surface area contributed by atoms with E-state index in [4.69, 9.17) is 27.9 Å². The van der Waals surface area contributed by atoms with Crippen LogP contribution >= 0.6 is 23.2 Å². The van der Waals surface area contributed by atoms with Crippen LogP contribution in [0.4, 0.5) is 0 Å². The van der Waals surface area contributed by atoms with Gasteiger partial charge in [-0.2, -0.15) is 0 Å². The molecule has 0 radical (unpaired) electrons. The minimum Gasteiger partial charge on any atom is -0.488 e. The van der Waals surface area contributed by atoms with Crippen LogP contribution in [0.15, 0.2) is 24.5 Å². The van der Waals surface area contributed by atoms with Crippen molar-refractivity contribution >= 4 is 23.2 Å². The van der Waals surface area contributed by atoms with Gasteiger partial charge in [-0.15, -0.1) is 0 Å². The van der Waals surface area contributed by atoms with Gasteiger partial charge in [0.1, 0.15) is 12.7 Å². The fraction of sp³-hybridized carbons (Fsp3) is 0.357. The van der Waals surface area contributed by atoms with Crippen molar-refractivity contribution in [2.24, 2.45) is 0 Å². The van der Waals surface area contributed by atoms with Crippen molar-refractivity contribution in [2.45, 2.75) is 26.5 Å². The zero-order chi connectivity index (χ0) is 14.7. The smallest absolute Gasteiger partial charge is 0.156 e. The van der Waals surface area contributed by atoms with Gasteiger partial charge < -0.3 is 14.4 Å². The Balaban J connectivity index is 1.96. The van der Waals surface area contributed by atoms with Crippen LogP contribution in [-0.2, 0) is 6.54 Å². The third-order valence-corrected chi connectivity index (χ3v) is 3.69. The number of aliphatic hydroxyl groups is 1. The number of aromatic nitrogens is 2. The third kappa shape index (κ3) is 3.45. The van der Waals surface area contributed by atoms with E-state index < -0.39 is 6.10 Å². The van der Waals surface area contributed by atoms with E-state index in [1.165, 1.54) is 0 Å². The summed E-state index contributed by atoms with van der Waals surface area (Å²) in [5.74, 6) is 0.397. The average Bonchev–Trinajstić information content (AvgIpc) is 2.70. The Morgan fingerprint density at radius 3 is 2.50 bits per heavy atom. The highest BCUT2D eigenvalue weighted by atomic mass is 35.5. The molecule has 0 spiro atoms. The second-order valence-corrected chi connectivity index (χ2v) is 5.40. The number of aryl methyl sites for hydroxylation is 1. The molecule has 0 fully saturated rings. The van der Waals surface area contributed by atoms with Gasteiger partial charge in [0.25, 0.3) is 0 Å². The fourth-order valence-corrected chi connectivity index (χ4v) is 2.31. The minimum atomic E-state index is -0.672. The van der Waals surface area contributed by atoms with Crippen LogP contribution in [-0.4, -0.2) is 27.4 Å². The summed E-state index contributed by atoms with van der Waals surface area (Å²) in [4.78, 5) is 4.18. The molecule has 6 heteroatoms. The molecule has 0 aliphatic carbocycles. The molecule has 0 saturated carbocycles. The van der Waals surface area contributed by atoms with Crippen LogP contribution in [0.3, 0.4) is 0 Å². The summed E-state index contributed by atoms with van der Waals surface area (Å²) >= 11 is 12.0. The fourth-order valence-electron chi connectivity index (χ4n) is 1.81. The van der Waals surface area contributed by atoms with Crippen molar-refractivity contribution in [3.05, 3.63) is 46.0 Å². The van der Waals surface area contributed by atoms with Crippen molar-refractivity contribution in [2.75, 3.05) is 6.61 Å². The summed E-state index contributed by atoms with van der Waals surface area (Å²) in [6.45, 7) is 4.41. The molecule has 1 unspecified atom stereocenters. The maximum absolute atomic E-state index is 10.0. The molecular formula is C14H16Cl2N2O2. The minimum absolute atomic E-state index is 0.111. The van der Waals surface area contributed by atoms with Crippen LogP contribution < -0.4 is 4.74 Å². The first-order valence-corrected chi connectivity index (χ1v) is 6.98. The summed E-state index contributed by atoms with van der Waals surface area (Å²) in [5.41, 5.74) is 1.98. The maximum atomic E-state index is 10.0. The van der Waals surface area contributed by atoms with Gasteiger partial charge in [0.15, 0.2) is 5.75 Å². The van der Waals surface area contributed by atoms with Gasteiger partial charge in [0.05, 0.1) is 28.6 Å². The van der Waals surface area contributed by atoms with Crippen molar-refractivity contribution in [3.63, 3.8) is 0 Å². The molecule has 20 heavy (non-hydrogen) atoms. The highest BCUT2D eigenvalue weighted by Gasteiger charge is 2.12. The second-order valence-electron chi connectivity index (χ2n) is 4.58. The first-order chi connectivity index (χ1) is 9.49. The van der Waals surface area contributed by atoms with E-state index in [1.807, 2.05) is 18.4 Å². The monoisotopic (exact) mass is 314 g/mol. The van der Waals surface area contributed by atoms with E-state index in [1.54, 1.807) is 24.5 Å². The zero-order valence-electron chi connectivity index (χ0n) is 11.3. The highest BCUT2D eigenvalue weighted by Crippen LogP contribution is 2.32.